The van der Waals surface area contributed by atoms with Crippen molar-refractivity contribution in [3.05, 3.63) is 89.4 Å². The molecule has 0 aliphatic heterocycles. The van der Waals surface area contributed by atoms with Crippen LogP contribution in [0, 0.1) is 13.8 Å². The average Bonchev–Trinajstić information content (AvgIpc) is 3.05. The van der Waals surface area contributed by atoms with Crippen LogP contribution < -0.4 is 10.9 Å². The first-order valence-corrected chi connectivity index (χ1v) is 9.11. The fourth-order valence-corrected chi connectivity index (χ4v) is 3.29. The van der Waals surface area contributed by atoms with Crippen molar-refractivity contribution in [1.82, 2.24) is 20.0 Å². The number of nitrogens with one attached hydrogen (secondary N) is 2. The summed E-state index contributed by atoms with van der Waals surface area (Å²) in [6, 6.07) is 21.9. The molecule has 2 aromatic heterocycles. The molecule has 2 aromatic carbocycles. The summed E-state index contributed by atoms with van der Waals surface area (Å²) in [5.41, 5.74) is 9.93. The Bertz CT molecular complexity index is 1110. The van der Waals surface area contributed by atoms with Gasteiger partial charge in [0.05, 0.1) is 0 Å². The van der Waals surface area contributed by atoms with Gasteiger partial charge < -0.3 is 4.57 Å². The van der Waals surface area contributed by atoms with E-state index in [9.17, 15) is 4.79 Å². The van der Waals surface area contributed by atoms with Gasteiger partial charge in [-0.1, -0.05) is 48.5 Å². The van der Waals surface area contributed by atoms with Gasteiger partial charge in [0.1, 0.15) is 5.69 Å². The lowest BCUT2D eigenvalue weighted by atomic mass is 10.2. The van der Waals surface area contributed by atoms with Gasteiger partial charge >= 0.3 is 0 Å². The zero-order valence-corrected chi connectivity index (χ0v) is 15.8. The maximum absolute atomic E-state index is 12.9. The summed E-state index contributed by atoms with van der Waals surface area (Å²) in [6.45, 7) is 4.38. The molecule has 0 radical (unpaired) electrons. The van der Waals surface area contributed by atoms with Crippen molar-refractivity contribution in [2.24, 2.45) is 0 Å². The van der Waals surface area contributed by atoms with Gasteiger partial charge in [-0.3, -0.25) is 15.6 Å². The molecule has 28 heavy (non-hydrogen) atoms. The van der Waals surface area contributed by atoms with Crippen LogP contribution in [-0.2, 0) is 6.54 Å². The molecule has 0 unspecified atom stereocenters. The highest BCUT2D eigenvalue weighted by atomic mass is 16.2. The maximum Gasteiger partial charge on any atom is 0.286 e. The second kappa shape index (κ2) is 7.52. The number of hydrogen-bond acceptors (Lipinski definition) is 4. The number of amides is 1. The zero-order valence-electron chi connectivity index (χ0n) is 15.8. The van der Waals surface area contributed by atoms with E-state index in [0.29, 0.717) is 18.2 Å². The summed E-state index contributed by atoms with van der Waals surface area (Å²) in [6.07, 6.45) is 0. The second-order valence-corrected chi connectivity index (χ2v) is 6.71. The van der Waals surface area contributed by atoms with E-state index < -0.39 is 0 Å². The number of aromatic nitrogens is 3. The molecule has 0 spiro atoms. The number of rotatable bonds is 5. The van der Waals surface area contributed by atoms with Crippen LogP contribution in [0.25, 0.3) is 10.9 Å². The van der Waals surface area contributed by atoms with E-state index in [-0.39, 0.29) is 5.91 Å². The Morgan fingerprint density at radius 3 is 2.36 bits per heavy atom. The second-order valence-electron chi connectivity index (χ2n) is 6.71. The Kier molecular flexibility index (Phi) is 4.76. The molecule has 4 aromatic rings. The predicted molar refractivity (Wildman–Crippen MR) is 110 cm³/mol. The smallest absolute Gasteiger partial charge is 0.286 e. The van der Waals surface area contributed by atoms with E-state index >= 15 is 0 Å². The summed E-state index contributed by atoms with van der Waals surface area (Å²) in [7, 11) is 0. The van der Waals surface area contributed by atoms with Crippen LogP contribution in [0.3, 0.4) is 0 Å². The van der Waals surface area contributed by atoms with Crippen LogP contribution in [0.5, 0.6) is 0 Å². The standard InChI is InChI=1S/C22H21N5O/c1-15-12-16(2)24-22(23-15)26-25-21(28)20-13-18-10-6-7-11-19(18)27(20)14-17-8-4-3-5-9-17/h3-13H,14H2,1-2H3,(H,25,28)(H,23,24,26). The van der Waals surface area contributed by atoms with Gasteiger partial charge in [0.25, 0.3) is 5.91 Å². The summed E-state index contributed by atoms with van der Waals surface area (Å²) >= 11 is 0. The van der Waals surface area contributed by atoms with E-state index in [0.717, 1.165) is 27.9 Å². The highest BCUT2D eigenvalue weighted by molar-refractivity contribution is 5.99. The van der Waals surface area contributed by atoms with Gasteiger partial charge in [0, 0.05) is 28.8 Å². The van der Waals surface area contributed by atoms with Crippen molar-refractivity contribution >= 4 is 22.8 Å². The Hall–Kier alpha value is -3.67. The molecule has 6 heteroatoms. The number of benzene rings is 2. The van der Waals surface area contributed by atoms with E-state index in [1.54, 1.807) is 0 Å². The molecule has 6 nitrogen and oxygen atoms in total. The third kappa shape index (κ3) is 3.71. The van der Waals surface area contributed by atoms with Crippen molar-refractivity contribution in [3.63, 3.8) is 0 Å². The fraction of sp³-hybridized carbons (Fsp3) is 0.136. The minimum atomic E-state index is -0.241. The number of nitrogens with zero attached hydrogens (tertiary/aromatic N) is 3. The summed E-state index contributed by atoms with van der Waals surface area (Å²) in [5, 5.41) is 1.02. The molecule has 0 saturated heterocycles. The molecule has 2 heterocycles. The van der Waals surface area contributed by atoms with E-state index in [1.807, 2.05) is 73.0 Å². The number of fused-ring (bicyclic) bond motifs is 1. The van der Waals surface area contributed by atoms with Crippen LogP contribution in [-0.4, -0.2) is 20.4 Å². The normalized spacial score (nSPS) is 10.8. The van der Waals surface area contributed by atoms with Crippen LogP contribution in [0.2, 0.25) is 0 Å². The first-order chi connectivity index (χ1) is 13.6. The maximum atomic E-state index is 12.9. The molecule has 4 rings (SSSR count). The lowest BCUT2D eigenvalue weighted by Crippen LogP contribution is -2.32. The number of para-hydroxylation sites is 1. The van der Waals surface area contributed by atoms with Crippen molar-refractivity contribution in [2.45, 2.75) is 20.4 Å². The topological polar surface area (TPSA) is 71.8 Å². The van der Waals surface area contributed by atoms with Crippen molar-refractivity contribution in [1.29, 1.82) is 0 Å². The van der Waals surface area contributed by atoms with Crippen molar-refractivity contribution < 1.29 is 4.79 Å². The van der Waals surface area contributed by atoms with E-state index in [4.69, 9.17) is 0 Å². The number of carbonyl (C=O) groups is 1. The van der Waals surface area contributed by atoms with Gasteiger partial charge in [-0.15, -0.1) is 0 Å². The van der Waals surface area contributed by atoms with Gasteiger partial charge in [0.2, 0.25) is 5.95 Å². The molecule has 1 amide bonds. The minimum Gasteiger partial charge on any atom is -0.332 e. The highest BCUT2D eigenvalue weighted by Gasteiger charge is 2.16. The average molecular weight is 371 g/mol. The number of aryl methyl sites for hydroxylation is 2. The van der Waals surface area contributed by atoms with Gasteiger partial charge in [0.15, 0.2) is 0 Å². The molecular formula is C22H21N5O. The quantitative estimate of drug-likeness (QED) is 0.523. The van der Waals surface area contributed by atoms with Gasteiger partial charge in [-0.05, 0) is 37.6 Å². The molecule has 0 aliphatic rings. The summed E-state index contributed by atoms with van der Waals surface area (Å²) < 4.78 is 2.02. The zero-order chi connectivity index (χ0) is 19.5. The Morgan fingerprint density at radius 2 is 1.61 bits per heavy atom. The van der Waals surface area contributed by atoms with Crippen LogP contribution in [0.1, 0.15) is 27.4 Å². The molecule has 0 saturated carbocycles. The molecule has 0 bridgehead atoms. The Morgan fingerprint density at radius 1 is 0.929 bits per heavy atom. The predicted octanol–water partition coefficient (Wildman–Crippen LogP) is 3.85. The van der Waals surface area contributed by atoms with Crippen LogP contribution in [0.4, 0.5) is 5.95 Å². The highest BCUT2D eigenvalue weighted by Crippen LogP contribution is 2.21. The molecule has 0 fully saturated rings. The summed E-state index contributed by atoms with van der Waals surface area (Å²) in [4.78, 5) is 21.5. The SMILES string of the molecule is Cc1cc(C)nc(NNC(=O)c2cc3ccccc3n2Cc2ccccc2)n1. The molecule has 2 N–H and O–H groups in total. The monoisotopic (exact) mass is 371 g/mol. The molecule has 140 valence electrons. The summed E-state index contributed by atoms with van der Waals surface area (Å²) in [5.74, 6) is 0.131. The van der Waals surface area contributed by atoms with Gasteiger partial charge in [-0.2, -0.15) is 0 Å². The molecule has 0 atom stereocenters. The largest absolute Gasteiger partial charge is 0.332 e. The van der Waals surface area contributed by atoms with E-state index in [2.05, 4.69) is 33.0 Å². The fourth-order valence-electron chi connectivity index (χ4n) is 3.29. The first kappa shape index (κ1) is 17.7. The minimum absolute atomic E-state index is 0.241. The lowest BCUT2D eigenvalue weighted by Gasteiger charge is -2.12. The Labute approximate surface area is 163 Å². The first-order valence-electron chi connectivity index (χ1n) is 9.11. The number of anilines is 1. The number of hydrogen-bond donors (Lipinski definition) is 2. The number of hydrazine groups is 1. The number of carbonyl (C=O) groups excluding carboxylic acids is 1. The van der Waals surface area contributed by atoms with Crippen molar-refractivity contribution in [3.8, 4) is 0 Å². The third-order valence-electron chi connectivity index (χ3n) is 4.50. The third-order valence-corrected chi connectivity index (χ3v) is 4.50. The van der Waals surface area contributed by atoms with Crippen LogP contribution in [0.15, 0.2) is 66.7 Å². The van der Waals surface area contributed by atoms with Crippen molar-refractivity contribution in [2.75, 3.05) is 5.43 Å². The molecular weight excluding hydrogens is 350 g/mol. The lowest BCUT2D eigenvalue weighted by molar-refractivity contribution is 0.0954. The van der Waals surface area contributed by atoms with Crippen LogP contribution >= 0.6 is 0 Å². The molecule has 0 aliphatic carbocycles. The Balaban J connectivity index is 1.63. The van der Waals surface area contributed by atoms with Gasteiger partial charge in [-0.25, -0.2) is 9.97 Å². The van der Waals surface area contributed by atoms with E-state index in [1.165, 1.54) is 0 Å².